The quantitative estimate of drug-likeness (QED) is 0.734. The Morgan fingerprint density at radius 3 is 3.00 bits per heavy atom. The number of fused-ring (bicyclic) bond motifs is 3. The molecule has 102 valence electrons. The second kappa shape index (κ2) is 4.80. The molecular weight excluding hydrogens is 260 g/mol. The molecule has 2 heterocycles. The number of benzene rings is 1. The Morgan fingerprint density at radius 1 is 1.40 bits per heavy atom. The van der Waals surface area contributed by atoms with Gasteiger partial charge >= 0.3 is 5.97 Å². The number of aromatic amines is 1. The van der Waals surface area contributed by atoms with Gasteiger partial charge in [-0.25, -0.2) is 4.98 Å². The van der Waals surface area contributed by atoms with Crippen molar-refractivity contribution in [3.05, 3.63) is 40.4 Å². The Labute approximate surface area is 113 Å². The molecule has 0 aliphatic heterocycles. The number of esters is 1. The molecule has 6 heteroatoms. The number of H-pyrrole nitrogens is 1. The fourth-order valence-corrected chi connectivity index (χ4v) is 2.08. The molecule has 0 fully saturated rings. The summed E-state index contributed by atoms with van der Waals surface area (Å²) in [4.78, 5) is 30.3. The van der Waals surface area contributed by atoms with Gasteiger partial charge in [-0.3, -0.25) is 9.59 Å². The molecule has 0 radical (unpaired) electrons. The number of carbonyl (C=O) groups excluding carboxylic acids is 1. The van der Waals surface area contributed by atoms with Crippen molar-refractivity contribution in [2.24, 2.45) is 0 Å². The molecule has 3 rings (SSSR count). The zero-order valence-corrected chi connectivity index (χ0v) is 10.8. The Kier molecular flexibility index (Phi) is 2.98. The van der Waals surface area contributed by atoms with Crippen LogP contribution in [0.4, 0.5) is 0 Å². The summed E-state index contributed by atoms with van der Waals surface area (Å²) in [6, 6.07) is 7.24. The monoisotopic (exact) mass is 272 g/mol. The first-order chi connectivity index (χ1) is 9.69. The van der Waals surface area contributed by atoms with E-state index in [1.165, 1.54) is 0 Å². The van der Waals surface area contributed by atoms with Crippen LogP contribution in [0.2, 0.25) is 0 Å². The number of para-hydroxylation sites is 1. The second-order valence-electron chi connectivity index (χ2n) is 4.27. The van der Waals surface area contributed by atoms with E-state index in [0.29, 0.717) is 17.7 Å². The fraction of sp³-hybridized carbons (Fsp3) is 0.214. The normalized spacial score (nSPS) is 11.1. The minimum absolute atomic E-state index is 0.0709. The molecule has 20 heavy (non-hydrogen) atoms. The van der Waals surface area contributed by atoms with Crippen molar-refractivity contribution in [1.29, 1.82) is 0 Å². The lowest BCUT2D eigenvalue weighted by atomic mass is 10.2. The number of ether oxygens (including phenoxy) is 1. The first-order valence-corrected chi connectivity index (χ1v) is 6.25. The van der Waals surface area contributed by atoms with Crippen molar-refractivity contribution >= 4 is 28.0 Å². The largest absolute Gasteiger partial charge is 0.466 e. The molecule has 0 aliphatic carbocycles. The van der Waals surface area contributed by atoms with Gasteiger partial charge in [-0.1, -0.05) is 12.1 Å². The molecule has 0 bridgehead atoms. The lowest BCUT2D eigenvalue weighted by molar-refractivity contribution is -0.142. The zero-order chi connectivity index (χ0) is 14.1. The molecule has 3 aromatic rings. The van der Waals surface area contributed by atoms with E-state index in [1.807, 2.05) is 18.2 Å². The Bertz CT molecular complexity index is 847. The summed E-state index contributed by atoms with van der Waals surface area (Å²) in [5.41, 5.74) is 0.821. The van der Waals surface area contributed by atoms with Crippen LogP contribution in [0, 0.1) is 0 Å². The molecule has 0 spiro atoms. The van der Waals surface area contributed by atoms with E-state index < -0.39 is 11.5 Å². The van der Waals surface area contributed by atoms with Crippen LogP contribution in [0.3, 0.4) is 0 Å². The van der Waals surface area contributed by atoms with E-state index in [4.69, 9.17) is 9.15 Å². The average Bonchev–Trinajstić information content (AvgIpc) is 2.79. The van der Waals surface area contributed by atoms with E-state index in [0.717, 1.165) is 5.39 Å². The maximum Gasteiger partial charge on any atom is 0.313 e. The van der Waals surface area contributed by atoms with Gasteiger partial charge in [-0.05, 0) is 19.1 Å². The highest BCUT2D eigenvalue weighted by molar-refractivity contribution is 6.01. The molecule has 0 aliphatic rings. The molecule has 6 nitrogen and oxygen atoms in total. The summed E-state index contributed by atoms with van der Waals surface area (Å²) in [5, 5.41) is 0.749. The van der Waals surface area contributed by atoms with Crippen LogP contribution in [0.15, 0.2) is 33.5 Å². The second-order valence-corrected chi connectivity index (χ2v) is 4.27. The first kappa shape index (κ1) is 12.4. The third kappa shape index (κ3) is 2.05. The van der Waals surface area contributed by atoms with Crippen LogP contribution in [-0.4, -0.2) is 22.5 Å². The van der Waals surface area contributed by atoms with Crippen LogP contribution < -0.4 is 5.56 Å². The predicted octanol–water partition coefficient (Wildman–Crippen LogP) is 1.77. The van der Waals surface area contributed by atoms with Crippen LogP contribution in [0.1, 0.15) is 12.7 Å². The highest BCUT2D eigenvalue weighted by Crippen LogP contribution is 2.24. The first-order valence-electron chi connectivity index (χ1n) is 6.25. The summed E-state index contributed by atoms with van der Waals surface area (Å²) < 4.78 is 10.3. The van der Waals surface area contributed by atoms with Gasteiger partial charge in [0.15, 0.2) is 0 Å². The Morgan fingerprint density at radius 2 is 2.20 bits per heavy atom. The van der Waals surface area contributed by atoms with Crippen molar-refractivity contribution in [3.63, 3.8) is 0 Å². The van der Waals surface area contributed by atoms with Crippen LogP contribution in [0.5, 0.6) is 0 Å². The molecule has 2 aromatic heterocycles. The van der Waals surface area contributed by atoms with Gasteiger partial charge in [0.2, 0.25) is 5.58 Å². The van der Waals surface area contributed by atoms with Gasteiger partial charge in [-0.2, -0.15) is 0 Å². The highest BCUT2D eigenvalue weighted by Gasteiger charge is 2.14. The van der Waals surface area contributed by atoms with Gasteiger partial charge in [0.25, 0.3) is 5.56 Å². The molecule has 0 amide bonds. The summed E-state index contributed by atoms with van der Waals surface area (Å²) in [6.07, 6.45) is -0.0709. The molecule has 0 saturated carbocycles. The van der Waals surface area contributed by atoms with E-state index >= 15 is 0 Å². The maximum absolute atomic E-state index is 12.0. The standard InChI is InChI=1S/C14H12N2O4/c1-2-19-11(17)7-10-15-12-8-5-3-4-6-9(8)20-13(12)14(18)16-10/h3-6H,2,7H2,1H3,(H,15,16,18). The number of rotatable bonds is 3. The lowest BCUT2D eigenvalue weighted by Gasteiger charge is -2.01. The number of nitrogens with zero attached hydrogens (tertiary/aromatic N) is 1. The molecule has 1 N–H and O–H groups in total. The van der Waals surface area contributed by atoms with Gasteiger partial charge in [-0.15, -0.1) is 0 Å². The van der Waals surface area contributed by atoms with Crippen molar-refractivity contribution < 1.29 is 13.9 Å². The van der Waals surface area contributed by atoms with Gasteiger partial charge in [0.05, 0.1) is 6.61 Å². The van der Waals surface area contributed by atoms with E-state index in [-0.39, 0.29) is 17.8 Å². The van der Waals surface area contributed by atoms with E-state index in [9.17, 15) is 9.59 Å². The smallest absolute Gasteiger partial charge is 0.313 e. The third-order valence-electron chi connectivity index (χ3n) is 2.90. The number of nitrogens with one attached hydrogen (secondary N) is 1. The van der Waals surface area contributed by atoms with E-state index in [2.05, 4.69) is 9.97 Å². The molecule has 1 aromatic carbocycles. The van der Waals surface area contributed by atoms with Gasteiger partial charge in [0.1, 0.15) is 23.3 Å². The van der Waals surface area contributed by atoms with Crippen molar-refractivity contribution in [3.8, 4) is 0 Å². The van der Waals surface area contributed by atoms with Crippen LogP contribution in [-0.2, 0) is 16.0 Å². The fourth-order valence-electron chi connectivity index (χ4n) is 2.08. The number of hydrogen-bond donors (Lipinski definition) is 1. The van der Waals surface area contributed by atoms with Crippen LogP contribution >= 0.6 is 0 Å². The minimum Gasteiger partial charge on any atom is -0.466 e. The lowest BCUT2D eigenvalue weighted by Crippen LogP contribution is -2.16. The maximum atomic E-state index is 12.0. The molecule has 0 unspecified atom stereocenters. The van der Waals surface area contributed by atoms with Crippen molar-refractivity contribution in [1.82, 2.24) is 9.97 Å². The van der Waals surface area contributed by atoms with Gasteiger partial charge in [0, 0.05) is 5.39 Å². The zero-order valence-electron chi connectivity index (χ0n) is 10.8. The summed E-state index contributed by atoms with van der Waals surface area (Å²) >= 11 is 0. The SMILES string of the molecule is CCOC(=O)Cc1nc2c(oc3ccccc32)c(=O)[nH]1. The predicted molar refractivity (Wildman–Crippen MR) is 72.5 cm³/mol. The third-order valence-corrected chi connectivity index (χ3v) is 2.90. The van der Waals surface area contributed by atoms with E-state index in [1.54, 1.807) is 13.0 Å². The molecular formula is C14H12N2O4. The number of hydrogen-bond acceptors (Lipinski definition) is 5. The van der Waals surface area contributed by atoms with Gasteiger partial charge < -0.3 is 14.1 Å². The number of furan rings is 1. The van der Waals surface area contributed by atoms with Crippen molar-refractivity contribution in [2.45, 2.75) is 13.3 Å². The Hall–Kier alpha value is -2.63. The highest BCUT2D eigenvalue weighted by atomic mass is 16.5. The average molecular weight is 272 g/mol. The summed E-state index contributed by atoms with van der Waals surface area (Å²) in [7, 11) is 0. The summed E-state index contributed by atoms with van der Waals surface area (Å²) in [6.45, 7) is 2.01. The summed E-state index contributed by atoms with van der Waals surface area (Å²) in [5.74, 6) is -0.157. The Balaban J connectivity index is 2.14. The van der Waals surface area contributed by atoms with Crippen LogP contribution in [0.25, 0.3) is 22.1 Å². The molecule has 0 saturated heterocycles. The number of aromatic nitrogens is 2. The van der Waals surface area contributed by atoms with Crippen molar-refractivity contribution in [2.75, 3.05) is 6.61 Å². The minimum atomic E-state index is -0.428. The topological polar surface area (TPSA) is 85.2 Å². The molecule has 0 atom stereocenters. The number of carbonyl (C=O) groups is 1.